The van der Waals surface area contributed by atoms with Crippen LogP contribution in [0.15, 0.2) is 95.0 Å². The van der Waals surface area contributed by atoms with Crippen molar-refractivity contribution >= 4 is 69.0 Å². The maximum absolute atomic E-state index is 13.8. The maximum Gasteiger partial charge on any atom is 0.338 e. The molecule has 268 valence electrons. The zero-order chi connectivity index (χ0) is 37.3. The van der Waals surface area contributed by atoms with E-state index >= 15 is 0 Å². The summed E-state index contributed by atoms with van der Waals surface area (Å²) in [4.78, 5) is 44.4. The third kappa shape index (κ3) is 10.8. The molecule has 0 unspecified atom stereocenters. The summed E-state index contributed by atoms with van der Waals surface area (Å²) in [6, 6.07) is 21.0. The maximum atomic E-state index is 13.8. The average molecular weight is 777 g/mol. The molecule has 0 radical (unpaired) electrons. The van der Waals surface area contributed by atoms with Crippen LogP contribution in [0.25, 0.3) is 0 Å². The summed E-state index contributed by atoms with van der Waals surface area (Å²) in [5, 5.41) is 3.16. The Morgan fingerprint density at radius 3 is 1.63 bits per heavy atom. The van der Waals surface area contributed by atoms with Gasteiger partial charge in [-0.05, 0) is 69.3 Å². The molecule has 4 aromatic carbocycles. The molecule has 4 aromatic rings. The van der Waals surface area contributed by atoms with E-state index in [9.17, 15) is 22.8 Å². The fourth-order valence-electron chi connectivity index (χ4n) is 4.44. The van der Waals surface area contributed by atoms with Crippen molar-refractivity contribution in [2.45, 2.75) is 44.0 Å². The van der Waals surface area contributed by atoms with Gasteiger partial charge in [0, 0.05) is 0 Å². The number of benzene rings is 4. The molecule has 11 nitrogen and oxygen atoms in total. The second-order valence-corrected chi connectivity index (χ2v) is 13.9. The normalized spacial score (nSPS) is 13.2. The Kier molecular flexibility index (Phi) is 13.6. The molecule has 0 N–H and O–H groups in total. The number of hydrogen-bond donors (Lipinski definition) is 0. The summed E-state index contributed by atoms with van der Waals surface area (Å²) in [5.74, 6) is -2.73. The number of hydrogen-bond acceptors (Lipinski definition) is 11. The number of carbonyl (C=O) groups excluding carboxylic acids is 3. The molecule has 0 bridgehead atoms. The van der Waals surface area contributed by atoms with Gasteiger partial charge in [0.25, 0.3) is 10.1 Å². The minimum Gasteiger partial charge on any atom is -0.459 e. The first kappa shape index (κ1) is 39.3. The van der Waals surface area contributed by atoms with Crippen LogP contribution in [0.5, 0.6) is 0 Å². The molecule has 15 heteroatoms. The van der Waals surface area contributed by atoms with E-state index in [1.54, 1.807) is 36.4 Å². The predicted molar refractivity (Wildman–Crippen MR) is 191 cm³/mol. The van der Waals surface area contributed by atoms with Crippen LogP contribution in [-0.2, 0) is 33.3 Å². The van der Waals surface area contributed by atoms with E-state index in [1.165, 1.54) is 43.5 Å². The largest absolute Gasteiger partial charge is 0.459 e. The van der Waals surface area contributed by atoms with Crippen LogP contribution in [0, 0.1) is 20.8 Å². The summed E-state index contributed by atoms with van der Waals surface area (Å²) < 4.78 is 50.4. The Hall–Kier alpha value is -4.46. The first-order valence-corrected chi connectivity index (χ1v) is 17.7. The SMILES string of the molecule is CO/N=C\[C@H](OC(=O)c1ccc(C)cc1)[C@@H](OC(=O)c1ccc(C)cc1)[C@H](COC(=O)c1ccc(C)cc1)OS(=O)(=O)c1cc(Cl)c(Cl)cc1Cl. The molecule has 4 rings (SSSR count). The lowest BCUT2D eigenvalue weighted by atomic mass is 10.1. The van der Waals surface area contributed by atoms with Crippen molar-refractivity contribution in [1.29, 1.82) is 0 Å². The number of aryl methyl sites for hydroxylation is 3. The first-order valence-electron chi connectivity index (χ1n) is 15.1. The topological polar surface area (TPSA) is 144 Å². The lowest BCUT2D eigenvalue weighted by molar-refractivity contribution is -0.0685. The van der Waals surface area contributed by atoms with Gasteiger partial charge in [-0.25, -0.2) is 14.4 Å². The fourth-order valence-corrected chi connectivity index (χ4v) is 6.49. The quantitative estimate of drug-likeness (QED) is 0.0314. The minimum absolute atomic E-state index is 0.0343. The van der Waals surface area contributed by atoms with E-state index in [1.807, 2.05) is 20.8 Å². The van der Waals surface area contributed by atoms with E-state index in [-0.39, 0.29) is 31.8 Å². The second kappa shape index (κ2) is 17.7. The molecule has 0 aromatic heterocycles. The lowest BCUT2D eigenvalue weighted by Gasteiger charge is -2.30. The van der Waals surface area contributed by atoms with Gasteiger partial charge in [0.2, 0.25) is 0 Å². The molecule has 0 fully saturated rings. The summed E-state index contributed by atoms with van der Waals surface area (Å²) >= 11 is 18.4. The average Bonchev–Trinajstić information content (AvgIpc) is 3.09. The highest BCUT2D eigenvalue weighted by atomic mass is 35.5. The van der Waals surface area contributed by atoms with Gasteiger partial charge in [0.05, 0.1) is 38.0 Å². The molecule has 0 aliphatic rings. The van der Waals surface area contributed by atoms with Crippen LogP contribution in [-0.4, -0.2) is 64.6 Å². The van der Waals surface area contributed by atoms with Crippen LogP contribution in [0.1, 0.15) is 47.8 Å². The Balaban J connectivity index is 1.82. The summed E-state index contributed by atoms with van der Waals surface area (Å²) in [6.45, 7) is 4.61. The third-order valence-corrected chi connectivity index (χ3v) is 9.75. The lowest BCUT2D eigenvalue weighted by Crippen LogP contribution is -2.48. The summed E-state index contributed by atoms with van der Waals surface area (Å²) in [6.07, 6.45) is -4.47. The van der Waals surface area contributed by atoms with E-state index in [4.69, 9.17) is 58.0 Å². The van der Waals surface area contributed by atoms with Crippen molar-refractivity contribution < 1.29 is 46.0 Å². The molecule has 0 spiro atoms. The Morgan fingerprint density at radius 2 is 1.14 bits per heavy atom. The van der Waals surface area contributed by atoms with E-state index in [0.717, 1.165) is 35.0 Å². The monoisotopic (exact) mass is 775 g/mol. The number of ether oxygens (including phenoxy) is 3. The van der Waals surface area contributed by atoms with Crippen molar-refractivity contribution in [3.05, 3.63) is 133 Å². The van der Waals surface area contributed by atoms with Crippen LogP contribution in [0.3, 0.4) is 0 Å². The number of esters is 3. The Bertz CT molecular complexity index is 2000. The van der Waals surface area contributed by atoms with E-state index < -0.39 is 57.8 Å². The highest BCUT2D eigenvalue weighted by Gasteiger charge is 2.41. The van der Waals surface area contributed by atoms with Crippen LogP contribution in [0.4, 0.5) is 0 Å². The van der Waals surface area contributed by atoms with Gasteiger partial charge in [0.1, 0.15) is 18.6 Å². The molecule has 0 aliphatic heterocycles. The molecular formula is C36H32Cl3NO10S. The molecule has 0 heterocycles. The molecular weight excluding hydrogens is 745 g/mol. The number of carbonyl (C=O) groups is 3. The van der Waals surface area contributed by atoms with Crippen molar-refractivity contribution in [3.8, 4) is 0 Å². The standard InChI is InChI=1S/C36H32Cl3NO10S/c1-21-5-11-24(12-6-21)34(41)47-20-31(50-51(44,45)32-18-28(38)27(37)17-29(32)39)33(49-36(43)26-15-9-23(3)10-16-26)30(19-40-46-4)48-35(42)25-13-7-22(2)8-14-25/h5-19,30-31,33H,20H2,1-4H3/b40-19-/t30-,31-,33+/m0/s1. The van der Waals surface area contributed by atoms with Crippen molar-refractivity contribution in [3.63, 3.8) is 0 Å². The summed E-state index contributed by atoms with van der Waals surface area (Å²) in [5.41, 5.74) is 2.88. The first-order chi connectivity index (χ1) is 24.2. The molecule has 0 saturated carbocycles. The van der Waals surface area contributed by atoms with Gasteiger partial charge < -0.3 is 19.0 Å². The zero-order valence-corrected chi connectivity index (χ0v) is 30.8. The molecule has 51 heavy (non-hydrogen) atoms. The highest BCUT2D eigenvalue weighted by Crippen LogP contribution is 2.33. The molecule has 0 saturated heterocycles. The van der Waals surface area contributed by atoms with E-state index in [2.05, 4.69) is 5.16 Å². The number of rotatable bonds is 14. The zero-order valence-electron chi connectivity index (χ0n) is 27.7. The molecule has 0 aliphatic carbocycles. The highest BCUT2D eigenvalue weighted by molar-refractivity contribution is 7.87. The van der Waals surface area contributed by atoms with Gasteiger partial charge >= 0.3 is 17.9 Å². The van der Waals surface area contributed by atoms with E-state index in [0.29, 0.717) is 0 Å². The van der Waals surface area contributed by atoms with Crippen LogP contribution >= 0.6 is 34.8 Å². The number of nitrogens with zero attached hydrogens (tertiary/aromatic N) is 1. The predicted octanol–water partition coefficient (Wildman–Crippen LogP) is 7.59. The third-order valence-electron chi connectivity index (χ3n) is 7.22. The van der Waals surface area contributed by atoms with Gasteiger partial charge in [-0.3, -0.25) is 4.18 Å². The van der Waals surface area contributed by atoms with Crippen LogP contribution < -0.4 is 0 Å². The van der Waals surface area contributed by atoms with Gasteiger partial charge in [-0.15, -0.1) is 0 Å². The fraction of sp³-hybridized carbons (Fsp3) is 0.222. The number of halogens is 3. The molecule has 3 atom stereocenters. The van der Waals surface area contributed by atoms with Crippen LogP contribution in [0.2, 0.25) is 15.1 Å². The number of oxime groups is 1. The van der Waals surface area contributed by atoms with Crippen molar-refractivity contribution in [2.24, 2.45) is 5.16 Å². The Morgan fingerprint density at radius 1 is 0.686 bits per heavy atom. The van der Waals surface area contributed by atoms with Crippen molar-refractivity contribution in [2.75, 3.05) is 13.7 Å². The second-order valence-electron chi connectivity index (χ2n) is 11.2. The van der Waals surface area contributed by atoms with Gasteiger partial charge in [0.15, 0.2) is 18.3 Å². The van der Waals surface area contributed by atoms with Gasteiger partial charge in [-0.2, -0.15) is 8.42 Å². The summed E-state index contributed by atoms with van der Waals surface area (Å²) in [7, 11) is -3.71. The van der Waals surface area contributed by atoms with Crippen molar-refractivity contribution in [1.82, 2.24) is 0 Å². The Labute approximate surface area is 310 Å². The smallest absolute Gasteiger partial charge is 0.338 e. The van der Waals surface area contributed by atoms with Gasteiger partial charge in [-0.1, -0.05) is 93.0 Å². The molecule has 0 amide bonds. The minimum atomic E-state index is -4.91.